The number of carbonyl (C=O) groups is 1. The fourth-order valence-corrected chi connectivity index (χ4v) is 3.98. The van der Waals surface area contributed by atoms with Crippen molar-refractivity contribution in [2.75, 3.05) is 0 Å². The molecule has 1 aliphatic rings. The molecule has 0 aliphatic heterocycles. The molecule has 1 aliphatic carbocycles. The van der Waals surface area contributed by atoms with Crippen molar-refractivity contribution >= 4 is 39.8 Å². The molecule has 5 rings (SSSR count). The summed E-state index contributed by atoms with van der Waals surface area (Å²) < 4.78 is 7.21. The Morgan fingerprint density at radius 1 is 1.48 bits per heavy atom. The van der Waals surface area contributed by atoms with Gasteiger partial charge in [0, 0.05) is 29.7 Å². The summed E-state index contributed by atoms with van der Waals surface area (Å²) in [6.45, 7) is 1.87. The highest BCUT2D eigenvalue weighted by atomic mass is 35.5. The highest BCUT2D eigenvalue weighted by Gasteiger charge is 2.42. The number of aromatic nitrogens is 5. The van der Waals surface area contributed by atoms with Gasteiger partial charge in [-0.2, -0.15) is 10.4 Å². The molecule has 1 aromatic carbocycles. The van der Waals surface area contributed by atoms with Gasteiger partial charge in [-0.25, -0.2) is 14.8 Å². The van der Waals surface area contributed by atoms with E-state index in [4.69, 9.17) is 21.6 Å². The number of nitrogens with zero attached hydrogens (tertiary/aromatic N) is 5. The SMILES string of the molecule is C[C@@H](NC(=O)Oc1c[nH]c2ncc(-c3nn(C)c4cc(Cl)ccc34)nc12)[C@@H]1C[C@@H]1C#N. The molecule has 1 amide bonds. The van der Waals surface area contributed by atoms with E-state index in [-0.39, 0.29) is 23.6 Å². The van der Waals surface area contributed by atoms with Crippen LogP contribution in [0.3, 0.4) is 0 Å². The number of carbonyl (C=O) groups excluding carboxylic acids is 1. The number of aryl methyl sites for hydroxylation is 1. The quantitative estimate of drug-likeness (QED) is 0.502. The summed E-state index contributed by atoms with van der Waals surface area (Å²) in [6.07, 6.45) is 3.37. The molecule has 31 heavy (non-hydrogen) atoms. The predicted molar refractivity (Wildman–Crippen MR) is 114 cm³/mol. The zero-order valence-electron chi connectivity index (χ0n) is 16.8. The van der Waals surface area contributed by atoms with Crippen molar-refractivity contribution in [3.8, 4) is 23.2 Å². The zero-order valence-corrected chi connectivity index (χ0v) is 17.5. The second kappa shape index (κ2) is 7.25. The molecule has 0 spiro atoms. The Balaban J connectivity index is 1.43. The molecule has 0 unspecified atom stereocenters. The van der Waals surface area contributed by atoms with E-state index >= 15 is 0 Å². The minimum absolute atomic E-state index is 0.000102. The van der Waals surface area contributed by atoms with Gasteiger partial charge < -0.3 is 15.0 Å². The monoisotopic (exact) mass is 435 g/mol. The average molecular weight is 436 g/mol. The summed E-state index contributed by atoms with van der Waals surface area (Å²) >= 11 is 6.11. The first kappa shape index (κ1) is 19.3. The van der Waals surface area contributed by atoms with E-state index in [9.17, 15) is 4.79 Å². The molecule has 9 nitrogen and oxygen atoms in total. The lowest BCUT2D eigenvalue weighted by molar-refractivity contribution is 0.195. The molecule has 3 heterocycles. The maximum atomic E-state index is 12.4. The first-order valence-corrected chi connectivity index (χ1v) is 10.2. The van der Waals surface area contributed by atoms with Crippen LogP contribution in [0.25, 0.3) is 33.5 Å². The summed E-state index contributed by atoms with van der Waals surface area (Å²) in [6, 6.07) is 7.61. The van der Waals surface area contributed by atoms with E-state index in [1.54, 1.807) is 23.1 Å². The summed E-state index contributed by atoms with van der Waals surface area (Å²) in [5.74, 6) is 0.433. The number of hydrogen-bond acceptors (Lipinski definition) is 6. The lowest BCUT2D eigenvalue weighted by Gasteiger charge is -2.12. The molecule has 2 N–H and O–H groups in total. The summed E-state index contributed by atoms with van der Waals surface area (Å²) in [7, 11) is 1.83. The maximum Gasteiger partial charge on any atom is 0.412 e. The summed E-state index contributed by atoms with van der Waals surface area (Å²) in [5, 5.41) is 17.8. The van der Waals surface area contributed by atoms with Crippen molar-refractivity contribution < 1.29 is 9.53 Å². The van der Waals surface area contributed by atoms with Gasteiger partial charge in [-0.15, -0.1) is 0 Å². The third-order valence-corrected chi connectivity index (χ3v) is 5.83. The van der Waals surface area contributed by atoms with Crippen molar-refractivity contribution in [2.24, 2.45) is 18.9 Å². The van der Waals surface area contributed by atoms with Crippen LogP contribution < -0.4 is 10.1 Å². The van der Waals surface area contributed by atoms with Gasteiger partial charge in [-0.05, 0) is 37.5 Å². The third-order valence-electron chi connectivity index (χ3n) is 5.60. The zero-order chi connectivity index (χ0) is 21.7. The summed E-state index contributed by atoms with van der Waals surface area (Å²) in [5.41, 5.74) is 3.00. The average Bonchev–Trinajstić information content (AvgIpc) is 3.36. The molecular weight excluding hydrogens is 418 g/mol. The van der Waals surface area contributed by atoms with E-state index in [1.165, 1.54) is 0 Å². The highest BCUT2D eigenvalue weighted by molar-refractivity contribution is 6.31. The molecule has 4 aromatic rings. The van der Waals surface area contributed by atoms with Gasteiger partial charge in [-0.3, -0.25) is 4.68 Å². The van der Waals surface area contributed by atoms with Crippen molar-refractivity contribution in [3.05, 3.63) is 35.6 Å². The standard InChI is InChI=1S/C21H18ClN7O2/c1-10(14-5-11(14)7-23)26-21(30)31-17-9-25-20-19(17)27-15(8-24-20)18-13-4-3-12(22)6-16(13)29(2)28-18/h3-4,6,8-11,14H,5H2,1-2H3,(H,24,25)(H,26,30)/t10-,11-,14+/m1/s1. The van der Waals surface area contributed by atoms with E-state index in [0.717, 1.165) is 17.3 Å². The Bertz CT molecular complexity index is 1370. The van der Waals surface area contributed by atoms with Crippen LogP contribution >= 0.6 is 11.6 Å². The third kappa shape index (κ3) is 3.45. The molecule has 1 saturated carbocycles. The molecule has 10 heteroatoms. The first-order valence-electron chi connectivity index (χ1n) is 9.79. The van der Waals surface area contributed by atoms with Gasteiger partial charge in [0.05, 0.1) is 23.7 Å². The Kier molecular flexibility index (Phi) is 4.52. The van der Waals surface area contributed by atoms with Crippen LogP contribution in [-0.4, -0.2) is 36.9 Å². The Morgan fingerprint density at radius 3 is 3.10 bits per heavy atom. The van der Waals surface area contributed by atoms with Crippen molar-refractivity contribution in [1.82, 2.24) is 30.0 Å². The van der Waals surface area contributed by atoms with Crippen LogP contribution in [-0.2, 0) is 7.05 Å². The maximum absolute atomic E-state index is 12.4. The van der Waals surface area contributed by atoms with E-state index in [2.05, 4.69) is 31.4 Å². The van der Waals surface area contributed by atoms with Gasteiger partial charge in [0.25, 0.3) is 0 Å². The van der Waals surface area contributed by atoms with E-state index in [1.807, 2.05) is 26.1 Å². The Hall–Kier alpha value is -3.64. The van der Waals surface area contributed by atoms with Crippen molar-refractivity contribution in [1.29, 1.82) is 5.26 Å². The van der Waals surface area contributed by atoms with Crippen LogP contribution in [0.5, 0.6) is 5.75 Å². The molecular formula is C21H18ClN7O2. The van der Waals surface area contributed by atoms with Crippen LogP contribution in [0, 0.1) is 23.2 Å². The number of amides is 1. The van der Waals surface area contributed by atoms with Gasteiger partial charge >= 0.3 is 6.09 Å². The molecule has 0 saturated heterocycles. The molecule has 3 atom stereocenters. The molecule has 0 radical (unpaired) electrons. The van der Waals surface area contributed by atoms with Gasteiger partial charge in [0.1, 0.15) is 11.4 Å². The molecule has 156 valence electrons. The number of H-pyrrole nitrogens is 1. The topological polar surface area (TPSA) is 122 Å². The van der Waals surface area contributed by atoms with Gasteiger partial charge in [-0.1, -0.05) is 11.6 Å². The second-order valence-corrected chi connectivity index (χ2v) is 8.13. The molecule has 1 fully saturated rings. The Morgan fingerprint density at radius 2 is 2.32 bits per heavy atom. The minimum atomic E-state index is -0.595. The minimum Gasteiger partial charge on any atom is -0.406 e. The van der Waals surface area contributed by atoms with E-state index < -0.39 is 6.09 Å². The van der Waals surface area contributed by atoms with Crippen LogP contribution in [0.4, 0.5) is 4.79 Å². The number of nitrogens with one attached hydrogen (secondary N) is 2. The second-order valence-electron chi connectivity index (χ2n) is 7.70. The fourth-order valence-electron chi connectivity index (χ4n) is 3.82. The number of benzene rings is 1. The number of halogens is 1. The number of hydrogen-bond donors (Lipinski definition) is 2. The van der Waals surface area contributed by atoms with E-state index in [0.29, 0.717) is 27.6 Å². The number of rotatable bonds is 4. The largest absolute Gasteiger partial charge is 0.412 e. The smallest absolute Gasteiger partial charge is 0.406 e. The molecule has 3 aromatic heterocycles. The van der Waals surface area contributed by atoms with Gasteiger partial charge in [0.2, 0.25) is 0 Å². The van der Waals surface area contributed by atoms with Crippen LogP contribution in [0.2, 0.25) is 5.02 Å². The lowest BCUT2D eigenvalue weighted by Crippen LogP contribution is -2.36. The highest BCUT2D eigenvalue weighted by Crippen LogP contribution is 2.40. The first-order chi connectivity index (χ1) is 14.9. The number of ether oxygens (including phenoxy) is 1. The van der Waals surface area contributed by atoms with Crippen LogP contribution in [0.15, 0.2) is 30.6 Å². The van der Waals surface area contributed by atoms with Crippen molar-refractivity contribution in [2.45, 2.75) is 19.4 Å². The predicted octanol–water partition coefficient (Wildman–Crippen LogP) is 3.80. The lowest BCUT2D eigenvalue weighted by atomic mass is 10.2. The molecule has 0 bridgehead atoms. The number of aromatic amines is 1. The van der Waals surface area contributed by atoms with Gasteiger partial charge in [0.15, 0.2) is 16.9 Å². The Labute approximate surface area is 182 Å². The normalized spacial score (nSPS) is 18.6. The summed E-state index contributed by atoms with van der Waals surface area (Å²) in [4.78, 5) is 24.4. The van der Waals surface area contributed by atoms with Crippen LogP contribution in [0.1, 0.15) is 13.3 Å². The van der Waals surface area contributed by atoms with Crippen molar-refractivity contribution in [3.63, 3.8) is 0 Å². The number of nitriles is 1. The number of fused-ring (bicyclic) bond motifs is 2. The fraction of sp³-hybridized carbons (Fsp3) is 0.286.